The maximum atomic E-state index is 12.9. The van der Waals surface area contributed by atoms with Gasteiger partial charge in [-0.1, -0.05) is 6.07 Å². The highest BCUT2D eigenvalue weighted by Gasteiger charge is 2.09. The molecule has 1 saturated heterocycles. The fraction of sp³-hybridized carbons (Fsp3) is 0.462. The molecule has 0 atom stereocenters. The Hall–Kier alpha value is -1.66. The first-order valence-electron chi connectivity index (χ1n) is 6.47. The Labute approximate surface area is 112 Å². The van der Waals surface area contributed by atoms with Crippen molar-refractivity contribution in [2.75, 3.05) is 44.6 Å². The van der Waals surface area contributed by atoms with Gasteiger partial charge in [0.25, 0.3) is 0 Å². The van der Waals surface area contributed by atoms with E-state index in [2.05, 4.69) is 20.9 Å². The van der Waals surface area contributed by atoms with Gasteiger partial charge in [0.2, 0.25) is 0 Å². The molecule has 5 nitrogen and oxygen atoms in total. The van der Waals surface area contributed by atoms with Crippen molar-refractivity contribution in [2.45, 2.75) is 0 Å². The van der Waals surface area contributed by atoms with Crippen LogP contribution < -0.4 is 16.0 Å². The first kappa shape index (κ1) is 13.8. The molecule has 1 aliphatic heterocycles. The summed E-state index contributed by atoms with van der Waals surface area (Å²) < 4.78 is 12.9. The summed E-state index contributed by atoms with van der Waals surface area (Å²) in [7, 11) is 0. The average molecular weight is 266 g/mol. The molecule has 1 aliphatic rings. The molecule has 6 heteroatoms. The smallest absolute Gasteiger partial charge is 0.319 e. The lowest BCUT2D eigenvalue weighted by Crippen LogP contribution is -2.46. The maximum absolute atomic E-state index is 12.9. The van der Waals surface area contributed by atoms with Gasteiger partial charge in [0.1, 0.15) is 5.82 Å². The van der Waals surface area contributed by atoms with Crippen LogP contribution in [0.15, 0.2) is 24.3 Å². The number of halogens is 1. The van der Waals surface area contributed by atoms with E-state index in [9.17, 15) is 9.18 Å². The topological polar surface area (TPSA) is 56.4 Å². The molecule has 1 heterocycles. The van der Waals surface area contributed by atoms with Gasteiger partial charge < -0.3 is 16.0 Å². The molecule has 0 spiro atoms. The molecule has 19 heavy (non-hydrogen) atoms. The molecule has 0 aromatic heterocycles. The van der Waals surface area contributed by atoms with Crippen LogP contribution in [0.5, 0.6) is 0 Å². The highest BCUT2D eigenvalue weighted by atomic mass is 19.1. The number of piperazine rings is 1. The molecule has 3 N–H and O–H groups in total. The van der Waals surface area contributed by atoms with Gasteiger partial charge in [-0.25, -0.2) is 9.18 Å². The van der Waals surface area contributed by atoms with Gasteiger partial charge in [-0.05, 0) is 18.2 Å². The molecular formula is C13H19FN4O. The van der Waals surface area contributed by atoms with Gasteiger partial charge >= 0.3 is 6.03 Å². The first-order valence-corrected chi connectivity index (χ1v) is 6.47. The Kier molecular flexibility index (Phi) is 5.11. The van der Waals surface area contributed by atoms with Crippen LogP contribution in [0.25, 0.3) is 0 Å². The van der Waals surface area contributed by atoms with Crippen molar-refractivity contribution < 1.29 is 9.18 Å². The minimum absolute atomic E-state index is 0.305. The lowest BCUT2D eigenvalue weighted by molar-refractivity contribution is 0.233. The summed E-state index contributed by atoms with van der Waals surface area (Å²) in [5.41, 5.74) is 0.458. The first-order chi connectivity index (χ1) is 9.24. The molecular weight excluding hydrogens is 247 g/mol. The van der Waals surface area contributed by atoms with E-state index in [0.717, 1.165) is 32.7 Å². The quantitative estimate of drug-likeness (QED) is 0.757. The third-order valence-corrected chi connectivity index (χ3v) is 3.01. The lowest BCUT2D eigenvalue weighted by Gasteiger charge is -2.27. The van der Waals surface area contributed by atoms with Gasteiger partial charge in [-0.15, -0.1) is 0 Å². The largest absolute Gasteiger partial charge is 0.337 e. The Morgan fingerprint density at radius 1 is 1.37 bits per heavy atom. The normalized spacial score (nSPS) is 16.1. The number of hydrogen-bond acceptors (Lipinski definition) is 3. The second kappa shape index (κ2) is 7.06. The van der Waals surface area contributed by atoms with Crippen molar-refractivity contribution in [2.24, 2.45) is 0 Å². The monoisotopic (exact) mass is 266 g/mol. The zero-order chi connectivity index (χ0) is 13.5. The molecule has 1 fully saturated rings. The fourth-order valence-corrected chi connectivity index (χ4v) is 2.00. The molecule has 0 radical (unpaired) electrons. The molecule has 0 unspecified atom stereocenters. The second-order valence-electron chi connectivity index (χ2n) is 4.48. The van der Waals surface area contributed by atoms with Gasteiger partial charge in [-0.2, -0.15) is 0 Å². The van der Waals surface area contributed by atoms with Crippen LogP contribution >= 0.6 is 0 Å². The molecule has 0 saturated carbocycles. The molecule has 0 aliphatic carbocycles. The highest BCUT2D eigenvalue weighted by molar-refractivity contribution is 5.89. The number of carbonyl (C=O) groups excluding carboxylic acids is 1. The molecule has 0 bridgehead atoms. The Bertz CT molecular complexity index is 421. The number of nitrogens with zero attached hydrogens (tertiary/aromatic N) is 1. The number of amides is 2. The fourth-order valence-electron chi connectivity index (χ4n) is 2.00. The second-order valence-corrected chi connectivity index (χ2v) is 4.48. The van der Waals surface area contributed by atoms with E-state index in [1.807, 2.05) is 0 Å². The van der Waals surface area contributed by atoms with Crippen LogP contribution in [0.3, 0.4) is 0 Å². The highest BCUT2D eigenvalue weighted by Crippen LogP contribution is 2.08. The van der Waals surface area contributed by atoms with Gasteiger partial charge in [0.05, 0.1) is 0 Å². The lowest BCUT2D eigenvalue weighted by atomic mass is 10.3. The van der Waals surface area contributed by atoms with Gasteiger partial charge in [0, 0.05) is 45.0 Å². The van der Waals surface area contributed by atoms with Crippen LogP contribution in [0.4, 0.5) is 14.9 Å². The minimum Gasteiger partial charge on any atom is -0.337 e. The van der Waals surface area contributed by atoms with Crippen LogP contribution in [0.1, 0.15) is 0 Å². The summed E-state index contributed by atoms with van der Waals surface area (Å²) in [5.74, 6) is -0.362. The van der Waals surface area contributed by atoms with E-state index in [1.54, 1.807) is 12.1 Å². The summed E-state index contributed by atoms with van der Waals surface area (Å²) in [4.78, 5) is 13.9. The van der Waals surface area contributed by atoms with Crippen molar-refractivity contribution in [3.05, 3.63) is 30.1 Å². The summed E-state index contributed by atoms with van der Waals surface area (Å²) in [5, 5.41) is 8.64. The van der Waals surface area contributed by atoms with Crippen molar-refractivity contribution in [1.29, 1.82) is 0 Å². The number of hydrogen-bond donors (Lipinski definition) is 3. The zero-order valence-electron chi connectivity index (χ0n) is 10.8. The number of anilines is 1. The Balaban J connectivity index is 1.67. The van der Waals surface area contributed by atoms with E-state index in [-0.39, 0.29) is 11.8 Å². The van der Waals surface area contributed by atoms with Gasteiger partial charge in [0.15, 0.2) is 0 Å². The average Bonchev–Trinajstić information content (AvgIpc) is 2.40. The predicted octanol–water partition coefficient (Wildman–Crippen LogP) is 0.852. The summed E-state index contributed by atoms with van der Waals surface area (Å²) in [6.07, 6.45) is 0. The van der Waals surface area contributed by atoms with E-state index in [0.29, 0.717) is 12.2 Å². The Morgan fingerprint density at radius 3 is 2.89 bits per heavy atom. The number of benzene rings is 1. The number of rotatable bonds is 4. The van der Waals surface area contributed by atoms with Crippen LogP contribution in [-0.2, 0) is 0 Å². The zero-order valence-corrected chi connectivity index (χ0v) is 10.8. The van der Waals surface area contributed by atoms with Crippen molar-refractivity contribution in [1.82, 2.24) is 15.5 Å². The summed E-state index contributed by atoms with van der Waals surface area (Å²) in [6.45, 7) is 5.42. The van der Waals surface area contributed by atoms with Gasteiger partial charge in [-0.3, -0.25) is 4.90 Å². The molecule has 104 valence electrons. The molecule has 2 rings (SSSR count). The van der Waals surface area contributed by atoms with E-state index in [1.165, 1.54) is 12.1 Å². The molecule has 2 amide bonds. The van der Waals surface area contributed by atoms with Crippen molar-refractivity contribution in [3.63, 3.8) is 0 Å². The van der Waals surface area contributed by atoms with E-state index >= 15 is 0 Å². The third kappa shape index (κ3) is 4.84. The van der Waals surface area contributed by atoms with Crippen LogP contribution in [0, 0.1) is 5.82 Å². The maximum Gasteiger partial charge on any atom is 0.319 e. The van der Waals surface area contributed by atoms with Crippen molar-refractivity contribution in [3.8, 4) is 0 Å². The van der Waals surface area contributed by atoms with Crippen LogP contribution in [-0.4, -0.2) is 50.2 Å². The SMILES string of the molecule is O=C(NCCN1CCNCC1)Nc1cccc(F)c1. The van der Waals surface area contributed by atoms with Crippen LogP contribution in [0.2, 0.25) is 0 Å². The minimum atomic E-state index is -0.362. The third-order valence-electron chi connectivity index (χ3n) is 3.01. The van der Waals surface area contributed by atoms with E-state index in [4.69, 9.17) is 0 Å². The summed E-state index contributed by atoms with van der Waals surface area (Å²) in [6, 6.07) is 5.54. The molecule has 1 aromatic carbocycles. The predicted molar refractivity (Wildman–Crippen MR) is 72.7 cm³/mol. The number of nitrogens with one attached hydrogen (secondary N) is 3. The van der Waals surface area contributed by atoms with E-state index < -0.39 is 0 Å². The Morgan fingerprint density at radius 2 is 2.16 bits per heavy atom. The van der Waals surface area contributed by atoms with Crippen molar-refractivity contribution >= 4 is 11.7 Å². The number of carbonyl (C=O) groups is 1. The standard InChI is InChI=1S/C13H19FN4O/c14-11-2-1-3-12(10-11)17-13(19)16-6-9-18-7-4-15-5-8-18/h1-3,10,15H,4-9H2,(H2,16,17,19). The number of urea groups is 1. The summed E-state index contributed by atoms with van der Waals surface area (Å²) >= 11 is 0. The molecule has 1 aromatic rings.